The number of nitro groups is 1. The highest BCUT2D eigenvalue weighted by Gasteiger charge is 2.57. The highest BCUT2D eigenvalue weighted by atomic mass is 16.6. The fourth-order valence-corrected chi connectivity index (χ4v) is 7.90. The lowest BCUT2D eigenvalue weighted by atomic mass is 9.86. The van der Waals surface area contributed by atoms with Gasteiger partial charge in [-0.15, -0.1) is 0 Å². The van der Waals surface area contributed by atoms with E-state index in [2.05, 4.69) is 33.3 Å². The quantitative estimate of drug-likeness (QED) is 0.376. The van der Waals surface area contributed by atoms with Gasteiger partial charge >= 0.3 is 0 Å². The van der Waals surface area contributed by atoms with Gasteiger partial charge in [0.05, 0.1) is 16.6 Å². The molecule has 4 fully saturated rings. The van der Waals surface area contributed by atoms with Crippen LogP contribution in [0.15, 0.2) is 66.9 Å². The maximum Gasteiger partial charge on any atom is 0.269 e. The van der Waals surface area contributed by atoms with Crippen LogP contribution < -0.4 is 15.1 Å². The van der Waals surface area contributed by atoms with Crippen molar-refractivity contribution in [2.24, 2.45) is 11.8 Å². The van der Waals surface area contributed by atoms with Gasteiger partial charge in [0.25, 0.3) is 5.69 Å². The molecule has 2 aromatic carbocycles. The van der Waals surface area contributed by atoms with Gasteiger partial charge in [-0.05, 0) is 72.7 Å². The molecule has 4 aliphatic rings. The summed E-state index contributed by atoms with van der Waals surface area (Å²) in [5.41, 5.74) is 4.01. The third-order valence-corrected chi connectivity index (χ3v) is 9.54. The van der Waals surface area contributed by atoms with Crippen molar-refractivity contribution in [3.63, 3.8) is 0 Å². The molecule has 2 bridgehead atoms. The Labute approximate surface area is 228 Å². The number of hydrogen-bond donors (Lipinski definition) is 1. The van der Waals surface area contributed by atoms with Crippen LogP contribution in [0, 0.1) is 33.3 Å². The van der Waals surface area contributed by atoms with Crippen molar-refractivity contribution >= 4 is 17.2 Å². The van der Waals surface area contributed by atoms with Crippen molar-refractivity contribution in [3.05, 3.63) is 82.5 Å². The first-order valence-corrected chi connectivity index (χ1v) is 14.1. The molecule has 0 amide bonds. The Morgan fingerprint density at radius 1 is 1.03 bits per heavy atom. The van der Waals surface area contributed by atoms with Crippen LogP contribution in [0.1, 0.15) is 37.7 Å². The molecule has 3 aromatic rings. The van der Waals surface area contributed by atoms with Crippen LogP contribution >= 0.6 is 0 Å². The standard InChI is InChI=1S/C31H32N6O2/c32-17-20-4-3-5-21(14-20)22-12-13-33-30(16-22)36-28-7-2-1-6-27(28)34-18-26-29-15-23(31(26)36)19-35(29)24-8-10-25(11-9-24)37(38)39/h3-5,8-14,16,23,26-29,31,34H,1-2,6-7,15,18-19H2. The Bertz CT molecular complexity index is 1440. The number of rotatable bonds is 4. The van der Waals surface area contributed by atoms with Gasteiger partial charge in [0.2, 0.25) is 0 Å². The topological polar surface area (TPSA) is 98.3 Å². The van der Waals surface area contributed by atoms with Crippen LogP contribution in [0.4, 0.5) is 17.2 Å². The average Bonchev–Trinajstić information content (AvgIpc) is 3.51. The number of non-ortho nitro benzene ring substituents is 1. The first kappa shape index (κ1) is 24.1. The number of nitrogens with zero attached hydrogens (tertiary/aromatic N) is 5. The average molecular weight is 521 g/mol. The summed E-state index contributed by atoms with van der Waals surface area (Å²) in [5.74, 6) is 1.99. The Hall–Kier alpha value is -3.96. The zero-order chi connectivity index (χ0) is 26.5. The predicted molar refractivity (Wildman–Crippen MR) is 151 cm³/mol. The fourth-order valence-electron chi connectivity index (χ4n) is 7.90. The molecule has 2 aliphatic carbocycles. The summed E-state index contributed by atoms with van der Waals surface area (Å²) >= 11 is 0. The summed E-state index contributed by atoms with van der Waals surface area (Å²) in [6.45, 7) is 1.94. The molecule has 0 radical (unpaired) electrons. The van der Waals surface area contributed by atoms with Gasteiger partial charge in [0.1, 0.15) is 5.82 Å². The van der Waals surface area contributed by atoms with E-state index in [1.165, 1.54) is 25.7 Å². The number of piperidine rings is 1. The Balaban J connectivity index is 1.24. The first-order chi connectivity index (χ1) is 19.1. The molecule has 8 nitrogen and oxygen atoms in total. The van der Waals surface area contributed by atoms with Gasteiger partial charge in [-0.1, -0.05) is 25.0 Å². The Morgan fingerprint density at radius 2 is 1.85 bits per heavy atom. The number of nitrogens with one attached hydrogen (secondary N) is 1. The van der Waals surface area contributed by atoms with E-state index in [1.54, 1.807) is 12.1 Å². The van der Waals surface area contributed by atoms with Gasteiger partial charge in [-0.25, -0.2) is 4.98 Å². The van der Waals surface area contributed by atoms with Gasteiger partial charge in [0.15, 0.2) is 0 Å². The van der Waals surface area contributed by atoms with Crippen LogP contribution in [0.25, 0.3) is 11.1 Å². The van der Waals surface area contributed by atoms with Gasteiger partial charge in [0, 0.05) is 67.2 Å². The number of fused-ring (bicyclic) bond motifs is 6. The zero-order valence-electron chi connectivity index (χ0n) is 21.8. The predicted octanol–water partition coefficient (Wildman–Crippen LogP) is 5.14. The number of hydrogen-bond acceptors (Lipinski definition) is 7. The van der Waals surface area contributed by atoms with Gasteiger partial charge in [-0.2, -0.15) is 5.26 Å². The second-order valence-electron chi connectivity index (χ2n) is 11.5. The second-order valence-corrected chi connectivity index (χ2v) is 11.5. The van der Waals surface area contributed by atoms with Crippen molar-refractivity contribution in [2.75, 3.05) is 22.9 Å². The highest BCUT2D eigenvalue weighted by molar-refractivity contribution is 5.68. The van der Waals surface area contributed by atoms with Crippen LogP contribution in [0.5, 0.6) is 0 Å². The minimum Gasteiger partial charge on any atom is -0.368 e. The normalized spacial score (nSPS) is 29.3. The van der Waals surface area contributed by atoms with Crippen molar-refractivity contribution in [3.8, 4) is 17.2 Å². The molecule has 1 N–H and O–H groups in total. The number of pyridine rings is 1. The Morgan fingerprint density at radius 3 is 2.67 bits per heavy atom. The number of aromatic nitrogens is 1. The van der Waals surface area contributed by atoms with E-state index in [9.17, 15) is 15.4 Å². The van der Waals surface area contributed by atoms with E-state index in [4.69, 9.17) is 4.98 Å². The maximum absolute atomic E-state index is 11.2. The van der Waals surface area contributed by atoms with E-state index in [-0.39, 0.29) is 10.6 Å². The molecule has 198 valence electrons. The zero-order valence-corrected chi connectivity index (χ0v) is 21.8. The van der Waals surface area contributed by atoms with Crippen molar-refractivity contribution in [1.82, 2.24) is 10.3 Å². The summed E-state index contributed by atoms with van der Waals surface area (Å²) in [4.78, 5) is 21.0. The summed E-state index contributed by atoms with van der Waals surface area (Å²) in [6.07, 6.45) is 7.90. The molecule has 39 heavy (non-hydrogen) atoms. The minimum atomic E-state index is -0.331. The third kappa shape index (κ3) is 4.12. The molecular formula is C31H32N6O2. The van der Waals surface area contributed by atoms with Crippen molar-refractivity contribution in [2.45, 2.75) is 56.3 Å². The summed E-state index contributed by atoms with van der Waals surface area (Å²) < 4.78 is 0. The Kier molecular flexibility index (Phi) is 5.97. The monoisotopic (exact) mass is 520 g/mol. The molecular weight excluding hydrogens is 488 g/mol. The lowest BCUT2D eigenvalue weighted by Gasteiger charge is -2.47. The second kappa shape index (κ2) is 9.65. The maximum atomic E-state index is 11.2. The highest BCUT2D eigenvalue weighted by Crippen LogP contribution is 2.50. The number of benzene rings is 2. The first-order valence-electron chi connectivity index (χ1n) is 14.1. The summed E-state index contributed by atoms with van der Waals surface area (Å²) in [5, 5.41) is 24.6. The molecule has 6 unspecified atom stereocenters. The van der Waals surface area contributed by atoms with Gasteiger partial charge < -0.3 is 15.1 Å². The molecule has 2 saturated heterocycles. The van der Waals surface area contributed by atoms with Crippen LogP contribution in [-0.4, -0.2) is 47.2 Å². The molecule has 2 aliphatic heterocycles. The van der Waals surface area contributed by atoms with Crippen LogP contribution in [0.3, 0.4) is 0 Å². The van der Waals surface area contributed by atoms with E-state index in [0.29, 0.717) is 41.6 Å². The molecule has 6 atom stereocenters. The molecule has 1 aromatic heterocycles. The molecule has 7 rings (SSSR count). The third-order valence-electron chi connectivity index (χ3n) is 9.54. The lowest BCUT2D eigenvalue weighted by molar-refractivity contribution is -0.384. The van der Waals surface area contributed by atoms with Crippen LogP contribution in [-0.2, 0) is 0 Å². The van der Waals surface area contributed by atoms with Crippen LogP contribution in [0.2, 0.25) is 0 Å². The number of nitro benzene ring substituents is 1. The largest absolute Gasteiger partial charge is 0.368 e. The lowest BCUT2D eigenvalue weighted by Crippen LogP contribution is -2.57. The van der Waals surface area contributed by atoms with Gasteiger partial charge in [-0.3, -0.25) is 10.1 Å². The number of nitriles is 1. The SMILES string of the molecule is N#Cc1cccc(-c2ccnc(N3C4CCCCC4NCC4C5CC(CN5c5ccc([N+](=O)[O-])cc5)C43)c2)c1. The summed E-state index contributed by atoms with van der Waals surface area (Å²) in [6, 6.07) is 23.1. The molecule has 8 heteroatoms. The van der Waals surface area contributed by atoms with Crippen molar-refractivity contribution in [1.29, 1.82) is 5.26 Å². The van der Waals surface area contributed by atoms with E-state index in [0.717, 1.165) is 42.1 Å². The molecule has 3 heterocycles. The molecule has 2 saturated carbocycles. The van der Waals surface area contributed by atoms with Crippen molar-refractivity contribution < 1.29 is 4.92 Å². The minimum absolute atomic E-state index is 0.138. The number of anilines is 2. The van der Waals surface area contributed by atoms with E-state index >= 15 is 0 Å². The van der Waals surface area contributed by atoms with E-state index in [1.807, 2.05) is 42.6 Å². The fraction of sp³-hybridized carbons (Fsp3) is 0.419. The van der Waals surface area contributed by atoms with E-state index < -0.39 is 0 Å². The molecule has 0 spiro atoms. The summed E-state index contributed by atoms with van der Waals surface area (Å²) in [7, 11) is 0. The smallest absolute Gasteiger partial charge is 0.269 e.